The second kappa shape index (κ2) is 3.10. The van der Waals surface area contributed by atoms with E-state index in [0.29, 0.717) is 10.8 Å². The summed E-state index contributed by atoms with van der Waals surface area (Å²) in [6.45, 7) is 11.6. The first-order valence-corrected chi connectivity index (χ1v) is 5.95. The van der Waals surface area contributed by atoms with E-state index in [2.05, 4.69) is 52.8 Å². The van der Waals surface area contributed by atoms with Crippen molar-refractivity contribution in [2.24, 2.45) is 5.41 Å². The van der Waals surface area contributed by atoms with Crippen molar-refractivity contribution >= 4 is 0 Å². The van der Waals surface area contributed by atoms with Crippen LogP contribution in [0.3, 0.4) is 0 Å². The highest BCUT2D eigenvalue weighted by Crippen LogP contribution is 2.58. The predicted octanol–water partition coefficient (Wildman–Crippen LogP) is 4.38. The van der Waals surface area contributed by atoms with Crippen LogP contribution in [0.2, 0.25) is 0 Å². The fourth-order valence-corrected chi connectivity index (χ4v) is 2.29. The minimum atomic E-state index is 0.325. The number of benzene rings is 1. The zero-order chi connectivity index (χ0) is 11.3. The van der Waals surface area contributed by atoms with Crippen LogP contribution < -0.4 is 0 Å². The van der Waals surface area contributed by atoms with E-state index in [0.717, 1.165) is 0 Å². The topological polar surface area (TPSA) is 0 Å². The third-order valence-corrected chi connectivity index (χ3v) is 4.74. The van der Waals surface area contributed by atoms with Crippen LogP contribution in [0.1, 0.15) is 50.3 Å². The average molecular weight is 202 g/mol. The molecule has 1 aliphatic carbocycles. The van der Waals surface area contributed by atoms with E-state index in [1.165, 1.54) is 29.5 Å². The highest BCUT2D eigenvalue weighted by Gasteiger charge is 2.50. The molecule has 0 nitrogen and oxygen atoms in total. The summed E-state index contributed by atoms with van der Waals surface area (Å²) < 4.78 is 0. The molecule has 0 heteroatoms. The fourth-order valence-electron chi connectivity index (χ4n) is 2.29. The van der Waals surface area contributed by atoms with Gasteiger partial charge in [0.25, 0.3) is 0 Å². The minimum Gasteiger partial charge on any atom is -0.0588 e. The molecule has 0 bridgehead atoms. The highest BCUT2D eigenvalue weighted by molar-refractivity contribution is 5.36. The fraction of sp³-hybridized carbons (Fsp3) is 0.600. The lowest BCUT2D eigenvalue weighted by molar-refractivity contribution is 0.320. The maximum absolute atomic E-state index is 2.42. The molecular weight excluding hydrogens is 180 g/mol. The Morgan fingerprint density at radius 1 is 1.07 bits per heavy atom. The number of aryl methyl sites for hydroxylation is 2. The highest BCUT2D eigenvalue weighted by atomic mass is 14.5. The van der Waals surface area contributed by atoms with Gasteiger partial charge >= 0.3 is 0 Å². The van der Waals surface area contributed by atoms with Crippen molar-refractivity contribution < 1.29 is 0 Å². The molecule has 1 aromatic rings. The van der Waals surface area contributed by atoms with E-state index >= 15 is 0 Å². The van der Waals surface area contributed by atoms with Gasteiger partial charge in [0.1, 0.15) is 0 Å². The van der Waals surface area contributed by atoms with E-state index in [1.807, 2.05) is 0 Å². The molecule has 0 spiro atoms. The van der Waals surface area contributed by atoms with E-state index in [4.69, 9.17) is 0 Å². The predicted molar refractivity (Wildman–Crippen MR) is 66.3 cm³/mol. The summed E-state index contributed by atoms with van der Waals surface area (Å²) in [5, 5.41) is 0. The Labute approximate surface area is 93.7 Å². The molecule has 1 saturated carbocycles. The molecule has 1 aromatic carbocycles. The first-order valence-electron chi connectivity index (χ1n) is 5.95. The van der Waals surface area contributed by atoms with E-state index < -0.39 is 0 Å². The van der Waals surface area contributed by atoms with Crippen LogP contribution in [-0.2, 0) is 5.41 Å². The molecule has 0 radical (unpaired) electrons. The van der Waals surface area contributed by atoms with Gasteiger partial charge in [-0.25, -0.2) is 0 Å². The summed E-state index contributed by atoms with van der Waals surface area (Å²) in [6.07, 6.45) is 2.76. The molecule has 0 saturated heterocycles. The van der Waals surface area contributed by atoms with Crippen LogP contribution in [0.15, 0.2) is 18.2 Å². The number of rotatable bonds is 2. The van der Waals surface area contributed by atoms with Crippen molar-refractivity contribution in [1.29, 1.82) is 0 Å². The molecule has 0 aliphatic heterocycles. The van der Waals surface area contributed by atoms with Crippen molar-refractivity contribution in [1.82, 2.24) is 0 Å². The van der Waals surface area contributed by atoms with Crippen LogP contribution in [0.5, 0.6) is 0 Å². The van der Waals surface area contributed by atoms with E-state index in [9.17, 15) is 0 Å². The molecule has 2 rings (SSSR count). The lowest BCUT2D eigenvalue weighted by Crippen LogP contribution is -2.28. The second-order valence-corrected chi connectivity index (χ2v) is 5.98. The van der Waals surface area contributed by atoms with Gasteiger partial charge in [0.2, 0.25) is 0 Å². The zero-order valence-electron chi connectivity index (χ0n) is 10.6. The summed E-state index contributed by atoms with van der Waals surface area (Å²) in [4.78, 5) is 0. The Balaban J connectivity index is 2.41. The molecule has 1 fully saturated rings. The molecule has 0 heterocycles. The summed E-state index contributed by atoms with van der Waals surface area (Å²) in [6, 6.07) is 6.95. The van der Waals surface area contributed by atoms with Crippen LogP contribution in [-0.4, -0.2) is 0 Å². The maximum atomic E-state index is 2.42. The SMILES string of the molecule is Cc1ccc(C(C)(C)C2(C)CC2)cc1C. The minimum absolute atomic E-state index is 0.325. The summed E-state index contributed by atoms with van der Waals surface area (Å²) in [5.41, 5.74) is 5.19. The average Bonchev–Trinajstić information content (AvgIpc) is 2.90. The summed E-state index contributed by atoms with van der Waals surface area (Å²) in [5.74, 6) is 0. The Morgan fingerprint density at radius 3 is 2.13 bits per heavy atom. The second-order valence-electron chi connectivity index (χ2n) is 5.98. The zero-order valence-corrected chi connectivity index (χ0v) is 10.6. The molecule has 82 valence electrons. The van der Waals surface area contributed by atoms with Gasteiger partial charge in [-0.15, -0.1) is 0 Å². The largest absolute Gasteiger partial charge is 0.0588 e. The Kier molecular flexibility index (Phi) is 2.22. The lowest BCUT2D eigenvalue weighted by atomic mass is 9.71. The lowest BCUT2D eigenvalue weighted by Gasteiger charge is -2.33. The van der Waals surface area contributed by atoms with Gasteiger partial charge in [-0.1, -0.05) is 39.0 Å². The first-order chi connectivity index (χ1) is 6.87. The van der Waals surface area contributed by atoms with Gasteiger partial charge in [-0.05, 0) is 54.2 Å². The summed E-state index contributed by atoms with van der Waals surface area (Å²) >= 11 is 0. The Hall–Kier alpha value is -0.780. The van der Waals surface area contributed by atoms with Gasteiger partial charge in [-0.2, -0.15) is 0 Å². The van der Waals surface area contributed by atoms with Gasteiger partial charge < -0.3 is 0 Å². The Morgan fingerprint density at radius 2 is 1.67 bits per heavy atom. The smallest absolute Gasteiger partial charge is 0.00497 e. The third-order valence-electron chi connectivity index (χ3n) is 4.74. The van der Waals surface area contributed by atoms with Gasteiger partial charge in [0, 0.05) is 0 Å². The Bertz CT molecular complexity index is 381. The molecule has 0 unspecified atom stereocenters. The van der Waals surface area contributed by atoms with Gasteiger partial charge in [0.15, 0.2) is 0 Å². The van der Waals surface area contributed by atoms with Crippen LogP contribution in [0, 0.1) is 19.3 Å². The molecule has 0 amide bonds. The molecule has 0 aromatic heterocycles. The van der Waals surface area contributed by atoms with Gasteiger partial charge in [-0.3, -0.25) is 0 Å². The summed E-state index contributed by atoms with van der Waals surface area (Å²) in [7, 11) is 0. The molecule has 1 aliphatic rings. The molecular formula is C15H22. The van der Waals surface area contributed by atoms with Gasteiger partial charge in [0.05, 0.1) is 0 Å². The standard InChI is InChI=1S/C15H22/c1-11-6-7-13(10-12(11)2)14(3,4)15(5)8-9-15/h6-7,10H,8-9H2,1-5H3. The monoisotopic (exact) mass is 202 g/mol. The molecule has 15 heavy (non-hydrogen) atoms. The van der Waals surface area contributed by atoms with Crippen LogP contribution in [0.25, 0.3) is 0 Å². The number of hydrogen-bond donors (Lipinski definition) is 0. The number of hydrogen-bond acceptors (Lipinski definition) is 0. The van der Waals surface area contributed by atoms with E-state index in [-0.39, 0.29) is 0 Å². The van der Waals surface area contributed by atoms with Crippen molar-refractivity contribution in [2.45, 2.75) is 52.9 Å². The van der Waals surface area contributed by atoms with Crippen molar-refractivity contribution in [2.75, 3.05) is 0 Å². The van der Waals surface area contributed by atoms with Crippen molar-refractivity contribution in [3.8, 4) is 0 Å². The van der Waals surface area contributed by atoms with Crippen molar-refractivity contribution in [3.05, 3.63) is 34.9 Å². The quantitative estimate of drug-likeness (QED) is 0.667. The van der Waals surface area contributed by atoms with E-state index in [1.54, 1.807) is 0 Å². The normalized spacial score (nSPS) is 19.0. The molecule has 0 N–H and O–H groups in total. The van der Waals surface area contributed by atoms with Crippen LogP contribution in [0.4, 0.5) is 0 Å². The molecule has 0 atom stereocenters. The maximum Gasteiger partial charge on any atom is -0.00497 e. The van der Waals surface area contributed by atoms with Crippen molar-refractivity contribution in [3.63, 3.8) is 0 Å². The first kappa shape index (κ1) is 10.7. The third kappa shape index (κ3) is 1.60. The van der Waals surface area contributed by atoms with Crippen LogP contribution >= 0.6 is 0 Å².